The van der Waals surface area contributed by atoms with E-state index in [1.54, 1.807) is 12.2 Å². The van der Waals surface area contributed by atoms with E-state index in [2.05, 4.69) is 0 Å². The zero-order valence-corrected chi connectivity index (χ0v) is 10.4. The van der Waals surface area contributed by atoms with E-state index in [4.69, 9.17) is 14.2 Å². The highest BCUT2D eigenvalue weighted by Crippen LogP contribution is 2.19. The topological polar surface area (TPSA) is 44.8 Å². The zero-order valence-electron chi connectivity index (χ0n) is 10.4. The lowest BCUT2D eigenvalue weighted by Crippen LogP contribution is -2.37. The third-order valence-electron chi connectivity index (χ3n) is 2.57. The van der Waals surface area contributed by atoms with Crippen LogP contribution < -0.4 is 4.74 Å². The number of carbonyl (C=O) groups excluding carboxylic acids is 1. The van der Waals surface area contributed by atoms with Crippen molar-refractivity contribution in [2.75, 3.05) is 0 Å². The van der Waals surface area contributed by atoms with Crippen LogP contribution in [0.5, 0.6) is 5.75 Å². The van der Waals surface area contributed by atoms with Gasteiger partial charge in [0.25, 0.3) is 0 Å². The summed E-state index contributed by atoms with van der Waals surface area (Å²) in [6.07, 6.45) is 2.52. The quantitative estimate of drug-likeness (QED) is 0.608. The maximum absolute atomic E-state index is 10.9. The summed E-state index contributed by atoms with van der Waals surface area (Å²) in [7, 11) is 0. The molecule has 0 spiro atoms. The Morgan fingerprint density at radius 3 is 2.56 bits per heavy atom. The fourth-order valence-corrected chi connectivity index (χ4v) is 1.72. The summed E-state index contributed by atoms with van der Waals surface area (Å²) in [6.45, 7) is 3.23. The molecule has 1 aliphatic rings. The molecule has 1 aliphatic heterocycles. The second kappa shape index (κ2) is 5.69. The first-order valence-electron chi connectivity index (χ1n) is 5.88. The van der Waals surface area contributed by atoms with Crippen LogP contribution >= 0.6 is 0 Å². The van der Waals surface area contributed by atoms with Gasteiger partial charge in [-0.3, -0.25) is 4.79 Å². The summed E-state index contributed by atoms with van der Waals surface area (Å²) in [5.41, 5.74) is 0. The Hall–Kier alpha value is -1.81. The molecule has 1 heterocycles. The standard InChI is InChI=1S/C14H16O4/c1-10-13(17-11(2)15)8-9-14(16-10)18-12-6-4-3-5-7-12/h3-10,13-14H,1-2H3/t10-,13+,14+/m0/s1. The summed E-state index contributed by atoms with van der Waals surface area (Å²) >= 11 is 0. The molecule has 0 radical (unpaired) electrons. The fraction of sp³-hybridized carbons (Fsp3) is 0.357. The summed E-state index contributed by atoms with van der Waals surface area (Å²) in [5, 5.41) is 0. The molecule has 0 fully saturated rings. The monoisotopic (exact) mass is 248 g/mol. The molecule has 2 rings (SSSR count). The first-order chi connectivity index (χ1) is 8.65. The lowest BCUT2D eigenvalue weighted by molar-refractivity contribution is -0.163. The Morgan fingerprint density at radius 1 is 1.22 bits per heavy atom. The Balaban J connectivity index is 1.96. The van der Waals surface area contributed by atoms with Gasteiger partial charge < -0.3 is 14.2 Å². The molecule has 0 aromatic heterocycles. The lowest BCUT2D eigenvalue weighted by atomic mass is 10.1. The van der Waals surface area contributed by atoms with Crippen molar-refractivity contribution < 1.29 is 19.0 Å². The Labute approximate surface area is 106 Å². The summed E-state index contributed by atoms with van der Waals surface area (Å²) in [6, 6.07) is 9.43. The molecule has 4 heteroatoms. The number of hydrogen-bond donors (Lipinski definition) is 0. The van der Waals surface area contributed by atoms with Gasteiger partial charge in [0.2, 0.25) is 6.29 Å². The number of rotatable bonds is 3. The fourth-order valence-electron chi connectivity index (χ4n) is 1.72. The number of ether oxygens (including phenoxy) is 3. The van der Waals surface area contributed by atoms with Crippen molar-refractivity contribution in [3.05, 3.63) is 42.5 Å². The van der Waals surface area contributed by atoms with E-state index >= 15 is 0 Å². The molecule has 96 valence electrons. The molecular formula is C14H16O4. The number of hydrogen-bond acceptors (Lipinski definition) is 4. The molecule has 4 nitrogen and oxygen atoms in total. The minimum atomic E-state index is -0.450. The first-order valence-corrected chi connectivity index (χ1v) is 5.88. The molecule has 0 saturated carbocycles. The van der Waals surface area contributed by atoms with Gasteiger partial charge >= 0.3 is 5.97 Å². The number of para-hydroxylation sites is 1. The Kier molecular flexibility index (Phi) is 3.99. The van der Waals surface area contributed by atoms with Crippen molar-refractivity contribution >= 4 is 5.97 Å². The van der Waals surface area contributed by atoms with Crippen LogP contribution in [0.25, 0.3) is 0 Å². The van der Waals surface area contributed by atoms with Crippen molar-refractivity contribution in [2.45, 2.75) is 32.3 Å². The summed E-state index contributed by atoms with van der Waals surface area (Å²) in [5.74, 6) is 0.424. The highest BCUT2D eigenvalue weighted by molar-refractivity contribution is 5.66. The van der Waals surface area contributed by atoms with Gasteiger partial charge in [0, 0.05) is 6.92 Å². The van der Waals surface area contributed by atoms with Crippen LogP contribution in [0.15, 0.2) is 42.5 Å². The molecule has 0 bridgehead atoms. The first kappa shape index (κ1) is 12.6. The lowest BCUT2D eigenvalue weighted by Gasteiger charge is -2.29. The van der Waals surface area contributed by atoms with Crippen LogP contribution in [0.1, 0.15) is 13.8 Å². The van der Waals surface area contributed by atoms with E-state index in [0.29, 0.717) is 0 Å². The molecule has 0 amide bonds. The van der Waals surface area contributed by atoms with Gasteiger partial charge in [-0.1, -0.05) is 18.2 Å². The molecule has 18 heavy (non-hydrogen) atoms. The van der Waals surface area contributed by atoms with Gasteiger partial charge in [-0.15, -0.1) is 0 Å². The van der Waals surface area contributed by atoms with E-state index in [9.17, 15) is 4.79 Å². The van der Waals surface area contributed by atoms with Crippen LogP contribution in [0.2, 0.25) is 0 Å². The van der Waals surface area contributed by atoms with Gasteiger partial charge in [0.05, 0.1) is 6.10 Å². The number of esters is 1. The molecule has 0 saturated heterocycles. The van der Waals surface area contributed by atoms with E-state index < -0.39 is 6.29 Å². The van der Waals surface area contributed by atoms with Crippen molar-refractivity contribution in [1.29, 1.82) is 0 Å². The Bertz CT molecular complexity index is 427. The average Bonchev–Trinajstić information content (AvgIpc) is 2.33. The third kappa shape index (κ3) is 3.34. The maximum Gasteiger partial charge on any atom is 0.303 e. The minimum absolute atomic E-state index is 0.229. The van der Waals surface area contributed by atoms with Crippen LogP contribution in [0.3, 0.4) is 0 Å². The van der Waals surface area contributed by atoms with Crippen molar-refractivity contribution in [2.24, 2.45) is 0 Å². The maximum atomic E-state index is 10.9. The Morgan fingerprint density at radius 2 is 1.94 bits per heavy atom. The van der Waals surface area contributed by atoms with Gasteiger partial charge in [-0.25, -0.2) is 0 Å². The zero-order chi connectivity index (χ0) is 13.0. The van der Waals surface area contributed by atoms with Gasteiger partial charge in [-0.2, -0.15) is 0 Å². The van der Waals surface area contributed by atoms with Crippen LogP contribution in [-0.4, -0.2) is 24.5 Å². The second-order valence-electron chi connectivity index (χ2n) is 4.10. The van der Waals surface area contributed by atoms with Crippen LogP contribution in [0, 0.1) is 0 Å². The van der Waals surface area contributed by atoms with Crippen molar-refractivity contribution in [3.8, 4) is 5.75 Å². The molecule has 1 aromatic rings. The SMILES string of the molecule is CC(=O)O[C@@H]1C=C[C@@H](Oc2ccccc2)O[C@H]1C. The number of benzene rings is 1. The highest BCUT2D eigenvalue weighted by Gasteiger charge is 2.26. The van der Waals surface area contributed by atoms with Crippen molar-refractivity contribution in [1.82, 2.24) is 0 Å². The predicted molar refractivity (Wildman–Crippen MR) is 66.1 cm³/mol. The van der Waals surface area contributed by atoms with E-state index in [1.807, 2.05) is 37.3 Å². The molecule has 0 N–H and O–H groups in total. The van der Waals surface area contributed by atoms with E-state index in [0.717, 1.165) is 5.75 Å². The predicted octanol–water partition coefficient (Wildman–Crippen LogP) is 2.30. The van der Waals surface area contributed by atoms with E-state index in [-0.39, 0.29) is 18.2 Å². The van der Waals surface area contributed by atoms with Crippen molar-refractivity contribution in [3.63, 3.8) is 0 Å². The summed E-state index contributed by atoms with van der Waals surface area (Å²) < 4.78 is 16.3. The van der Waals surface area contributed by atoms with E-state index in [1.165, 1.54) is 6.92 Å². The molecule has 1 aromatic carbocycles. The summed E-state index contributed by atoms with van der Waals surface area (Å²) in [4.78, 5) is 10.9. The smallest absolute Gasteiger partial charge is 0.303 e. The normalized spacial score (nSPS) is 26.7. The molecule has 3 atom stereocenters. The van der Waals surface area contributed by atoms with Gasteiger partial charge in [-0.05, 0) is 31.2 Å². The molecular weight excluding hydrogens is 232 g/mol. The molecule has 0 aliphatic carbocycles. The average molecular weight is 248 g/mol. The second-order valence-corrected chi connectivity index (χ2v) is 4.10. The third-order valence-corrected chi connectivity index (χ3v) is 2.57. The number of carbonyl (C=O) groups is 1. The van der Waals surface area contributed by atoms with Gasteiger partial charge in [0.1, 0.15) is 11.9 Å². The highest BCUT2D eigenvalue weighted by atomic mass is 16.7. The molecule has 0 unspecified atom stereocenters. The minimum Gasteiger partial charge on any atom is -0.461 e. The van der Waals surface area contributed by atoms with Gasteiger partial charge in [0.15, 0.2) is 0 Å². The largest absolute Gasteiger partial charge is 0.461 e. The van der Waals surface area contributed by atoms with Crippen LogP contribution in [0.4, 0.5) is 0 Å². The van der Waals surface area contributed by atoms with Crippen LogP contribution in [-0.2, 0) is 14.3 Å².